The van der Waals surface area contributed by atoms with Gasteiger partial charge in [0, 0.05) is 36.4 Å². The van der Waals surface area contributed by atoms with Gasteiger partial charge in [-0.05, 0) is 44.0 Å². The summed E-state index contributed by atoms with van der Waals surface area (Å²) >= 11 is 0. The second-order valence-corrected chi connectivity index (χ2v) is 7.65. The summed E-state index contributed by atoms with van der Waals surface area (Å²) in [5, 5.41) is 8.36. The van der Waals surface area contributed by atoms with Crippen molar-refractivity contribution < 1.29 is 4.79 Å². The van der Waals surface area contributed by atoms with Crippen LogP contribution in [-0.4, -0.2) is 45.6 Å². The van der Waals surface area contributed by atoms with Gasteiger partial charge in [-0.3, -0.25) is 9.91 Å². The SMILES string of the molecule is CCN1C(=O)N(C)c2cnc(Nc3ccc4[nH]ccc4c3)nc2N1C1CCCC1. The van der Waals surface area contributed by atoms with Gasteiger partial charge in [0.15, 0.2) is 5.82 Å². The van der Waals surface area contributed by atoms with E-state index in [-0.39, 0.29) is 6.03 Å². The summed E-state index contributed by atoms with van der Waals surface area (Å²) in [6.07, 6.45) is 8.19. The Morgan fingerprint density at radius 1 is 1.24 bits per heavy atom. The van der Waals surface area contributed by atoms with Crippen molar-refractivity contribution in [1.82, 2.24) is 20.0 Å². The minimum absolute atomic E-state index is 0.0332. The first-order chi connectivity index (χ1) is 14.2. The molecule has 29 heavy (non-hydrogen) atoms. The summed E-state index contributed by atoms with van der Waals surface area (Å²) in [5.41, 5.74) is 2.77. The maximum atomic E-state index is 12.9. The highest BCUT2D eigenvalue weighted by atomic mass is 16.2. The average molecular weight is 391 g/mol. The molecule has 0 unspecified atom stereocenters. The van der Waals surface area contributed by atoms with Gasteiger partial charge in [0.25, 0.3) is 0 Å². The predicted molar refractivity (Wildman–Crippen MR) is 115 cm³/mol. The Balaban J connectivity index is 1.53. The minimum atomic E-state index is -0.0332. The van der Waals surface area contributed by atoms with E-state index in [1.54, 1.807) is 23.2 Å². The summed E-state index contributed by atoms with van der Waals surface area (Å²) in [6, 6.07) is 8.41. The number of H-pyrrole nitrogens is 1. The Kier molecular flexibility index (Phi) is 4.26. The number of hydrogen-bond donors (Lipinski definition) is 2. The summed E-state index contributed by atoms with van der Waals surface area (Å²) in [5.74, 6) is 1.32. The zero-order chi connectivity index (χ0) is 20.0. The van der Waals surface area contributed by atoms with Crippen LogP contribution in [0.2, 0.25) is 0 Å². The predicted octanol–water partition coefficient (Wildman–Crippen LogP) is 4.26. The van der Waals surface area contributed by atoms with Crippen LogP contribution in [0.3, 0.4) is 0 Å². The molecule has 0 saturated heterocycles. The molecule has 8 heteroatoms. The van der Waals surface area contributed by atoms with Gasteiger partial charge in [0.2, 0.25) is 5.95 Å². The number of anilines is 4. The van der Waals surface area contributed by atoms with Crippen LogP contribution in [0, 0.1) is 0 Å². The maximum Gasteiger partial charge on any atom is 0.343 e. The number of amides is 2. The molecule has 2 aliphatic rings. The number of aromatic nitrogens is 3. The quantitative estimate of drug-likeness (QED) is 0.695. The number of hydrazine groups is 1. The van der Waals surface area contributed by atoms with Crippen LogP contribution in [0.5, 0.6) is 0 Å². The van der Waals surface area contributed by atoms with Crippen LogP contribution in [0.1, 0.15) is 32.6 Å². The minimum Gasteiger partial charge on any atom is -0.361 e. The normalized spacial score (nSPS) is 17.3. The molecule has 2 amide bonds. The first-order valence-electron chi connectivity index (χ1n) is 10.2. The fourth-order valence-electron chi connectivity index (χ4n) is 4.38. The molecule has 1 aromatic carbocycles. The van der Waals surface area contributed by atoms with Crippen LogP contribution in [0.15, 0.2) is 36.7 Å². The Labute approximate surface area is 169 Å². The second-order valence-electron chi connectivity index (χ2n) is 7.65. The van der Waals surface area contributed by atoms with Gasteiger partial charge in [0.1, 0.15) is 5.69 Å². The van der Waals surface area contributed by atoms with Gasteiger partial charge in [0.05, 0.1) is 12.2 Å². The van der Waals surface area contributed by atoms with E-state index in [9.17, 15) is 4.79 Å². The van der Waals surface area contributed by atoms with E-state index in [1.807, 2.05) is 31.3 Å². The molecule has 150 valence electrons. The molecule has 0 spiro atoms. The number of nitrogens with zero attached hydrogens (tertiary/aromatic N) is 5. The van der Waals surface area contributed by atoms with Gasteiger partial charge in [-0.15, -0.1) is 0 Å². The van der Waals surface area contributed by atoms with Crippen molar-refractivity contribution in [1.29, 1.82) is 0 Å². The molecular formula is C21H25N7O. The first-order valence-corrected chi connectivity index (χ1v) is 10.2. The number of urea groups is 1. The van der Waals surface area contributed by atoms with Crippen molar-refractivity contribution in [3.05, 3.63) is 36.7 Å². The van der Waals surface area contributed by atoms with Crippen LogP contribution >= 0.6 is 0 Å². The number of carbonyl (C=O) groups is 1. The number of carbonyl (C=O) groups excluding carboxylic acids is 1. The molecule has 3 heterocycles. The number of aromatic amines is 1. The van der Waals surface area contributed by atoms with E-state index >= 15 is 0 Å². The molecule has 3 aromatic rings. The zero-order valence-electron chi connectivity index (χ0n) is 16.7. The summed E-state index contributed by atoms with van der Waals surface area (Å²) in [6.45, 7) is 2.61. The van der Waals surface area contributed by atoms with Gasteiger partial charge in [-0.1, -0.05) is 12.8 Å². The van der Waals surface area contributed by atoms with Gasteiger partial charge in [-0.2, -0.15) is 4.98 Å². The van der Waals surface area contributed by atoms with Crippen LogP contribution in [0.4, 0.5) is 27.9 Å². The highest BCUT2D eigenvalue weighted by Crippen LogP contribution is 2.38. The lowest BCUT2D eigenvalue weighted by Gasteiger charge is -2.45. The third-order valence-electron chi connectivity index (χ3n) is 5.88. The van der Waals surface area contributed by atoms with Crippen molar-refractivity contribution in [2.24, 2.45) is 0 Å². The fraction of sp³-hybridized carbons (Fsp3) is 0.381. The van der Waals surface area contributed by atoms with Crippen molar-refractivity contribution in [2.45, 2.75) is 38.6 Å². The maximum absolute atomic E-state index is 12.9. The summed E-state index contributed by atoms with van der Waals surface area (Å²) < 4.78 is 0. The van der Waals surface area contributed by atoms with Crippen molar-refractivity contribution in [3.8, 4) is 0 Å². The highest BCUT2D eigenvalue weighted by molar-refractivity contribution is 5.98. The number of rotatable bonds is 4. The van der Waals surface area contributed by atoms with Gasteiger partial charge < -0.3 is 10.3 Å². The third-order valence-corrected chi connectivity index (χ3v) is 5.88. The molecule has 0 bridgehead atoms. The molecule has 1 aliphatic carbocycles. The molecule has 2 N–H and O–H groups in total. The lowest BCUT2D eigenvalue weighted by Crippen LogP contribution is -2.59. The Morgan fingerprint density at radius 3 is 2.86 bits per heavy atom. The highest BCUT2D eigenvalue weighted by Gasteiger charge is 2.39. The molecule has 1 saturated carbocycles. The van der Waals surface area contributed by atoms with Gasteiger partial charge >= 0.3 is 6.03 Å². The topological polar surface area (TPSA) is 80.4 Å². The van der Waals surface area contributed by atoms with Crippen molar-refractivity contribution >= 4 is 40.1 Å². The monoisotopic (exact) mass is 391 g/mol. The Morgan fingerprint density at radius 2 is 2.07 bits per heavy atom. The number of benzene rings is 1. The van der Waals surface area contributed by atoms with E-state index in [1.165, 1.54) is 12.8 Å². The molecule has 5 rings (SSSR count). The Hall–Kier alpha value is -3.29. The molecular weight excluding hydrogens is 366 g/mol. The van der Waals surface area contributed by atoms with E-state index < -0.39 is 0 Å². The van der Waals surface area contributed by atoms with Crippen LogP contribution in [0.25, 0.3) is 10.9 Å². The van der Waals surface area contributed by atoms with E-state index in [0.29, 0.717) is 18.5 Å². The summed E-state index contributed by atoms with van der Waals surface area (Å²) in [4.78, 5) is 27.1. The fourth-order valence-corrected chi connectivity index (χ4v) is 4.38. The first kappa shape index (κ1) is 17.8. The van der Waals surface area contributed by atoms with Crippen LogP contribution < -0.4 is 15.2 Å². The van der Waals surface area contributed by atoms with E-state index in [2.05, 4.69) is 26.4 Å². The third kappa shape index (κ3) is 2.95. The van der Waals surface area contributed by atoms with Crippen molar-refractivity contribution in [3.63, 3.8) is 0 Å². The summed E-state index contributed by atoms with van der Waals surface area (Å²) in [7, 11) is 1.78. The van der Waals surface area contributed by atoms with Crippen molar-refractivity contribution in [2.75, 3.05) is 28.8 Å². The van der Waals surface area contributed by atoms with Crippen LogP contribution in [-0.2, 0) is 0 Å². The Bertz CT molecular complexity index is 1060. The molecule has 8 nitrogen and oxygen atoms in total. The van der Waals surface area contributed by atoms with E-state index in [0.717, 1.165) is 40.9 Å². The molecule has 0 atom stereocenters. The molecule has 1 fully saturated rings. The second kappa shape index (κ2) is 6.95. The lowest BCUT2D eigenvalue weighted by atomic mass is 10.2. The number of hydrogen-bond acceptors (Lipinski definition) is 5. The lowest BCUT2D eigenvalue weighted by molar-refractivity contribution is 0.191. The van der Waals surface area contributed by atoms with E-state index in [4.69, 9.17) is 4.98 Å². The van der Waals surface area contributed by atoms with Gasteiger partial charge in [-0.25, -0.2) is 14.8 Å². The molecule has 2 aromatic heterocycles. The largest absolute Gasteiger partial charge is 0.361 e. The average Bonchev–Trinajstić information content (AvgIpc) is 3.42. The zero-order valence-corrected chi connectivity index (χ0v) is 16.7. The standard InChI is InChI=1S/C21H25N7O/c1-3-27-21(29)26(2)18-13-23-20(25-19(18)28(27)16-6-4-5-7-16)24-15-8-9-17-14(12-15)10-11-22-17/h8-13,16,22H,3-7H2,1-2H3,(H,23,24,25). The number of fused-ring (bicyclic) bond motifs is 2. The number of nitrogens with one attached hydrogen (secondary N) is 2. The smallest absolute Gasteiger partial charge is 0.343 e. The molecule has 1 aliphatic heterocycles. The molecule has 0 radical (unpaired) electrons.